The third-order valence-electron chi connectivity index (χ3n) is 4.76. The number of benzene rings is 1. The number of halogens is 1. The van der Waals surface area contributed by atoms with Crippen LogP contribution in [0.2, 0.25) is 0 Å². The molecule has 3 rings (SSSR count). The van der Waals surface area contributed by atoms with Crippen LogP contribution < -0.4 is 0 Å². The molecule has 1 aromatic carbocycles. The van der Waals surface area contributed by atoms with Gasteiger partial charge in [-0.3, -0.25) is 0 Å². The summed E-state index contributed by atoms with van der Waals surface area (Å²) < 4.78 is 2.36. The van der Waals surface area contributed by atoms with E-state index >= 15 is 0 Å². The first-order valence-corrected chi connectivity index (χ1v) is 7.81. The standard InChI is InChI=1S/C16H21ClN2/c1-2-16(9-5-6-10-16)12-19-14-8-4-3-7-13(14)18-15(19)11-17/h3-4,7-8H,2,5-6,9-12H2,1H3. The molecule has 0 saturated heterocycles. The second-order valence-corrected chi connectivity index (χ2v) is 6.06. The maximum atomic E-state index is 6.09. The number of para-hydroxylation sites is 2. The highest BCUT2D eigenvalue weighted by Gasteiger charge is 2.33. The first-order chi connectivity index (χ1) is 9.28. The summed E-state index contributed by atoms with van der Waals surface area (Å²) in [5, 5.41) is 0. The highest BCUT2D eigenvalue weighted by molar-refractivity contribution is 6.16. The van der Waals surface area contributed by atoms with E-state index in [2.05, 4.69) is 34.7 Å². The first kappa shape index (κ1) is 13.0. The van der Waals surface area contributed by atoms with E-state index in [1.165, 1.54) is 37.6 Å². The van der Waals surface area contributed by atoms with Crippen LogP contribution >= 0.6 is 11.6 Å². The summed E-state index contributed by atoms with van der Waals surface area (Å²) in [6, 6.07) is 8.38. The van der Waals surface area contributed by atoms with Gasteiger partial charge in [-0.25, -0.2) is 4.98 Å². The maximum Gasteiger partial charge on any atom is 0.124 e. The Kier molecular flexibility index (Phi) is 3.53. The minimum Gasteiger partial charge on any atom is -0.326 e. The summed E-state index contributed by atoms with van der Waals surface area (Å²) >= 11 is 6.09. The molecule has 1 fully saturated rings. The molecule has 0 atom stereocenters. The van der Waals surface area contributed by atoms with Crippen LogP contribution in [-0.4, -0.2) is 9.55 Å². The second-order valence-electron chi connectivity index (χ2n) is 5.80. The van der Waals surface area contributed by atoms with Gasteiger partial charge in [-0.1, -0.05) is 31.9 Å². The molecule has 102 valence electrons. The number of imidazole rings is 1. The number of fused-ring (bicyclic) bond motifs is 1. The van der Waals surface area contributed by atoms with Gasteiger partial charge >= 0.3 is 0 Å². The molecule has 3 heteroatoms. The van der Waals surface area contributed by atoms with Crippen molar-refractivity contribution >= 4 is 22.6 Å². The van der Waals surface area contributed by atoms with Crippen molar-refractivity contribution in [1.29, 1.82) is 0 Å². The Hall–Kier alpha value is -1.02. The van der Waals surface area contributed by atoms with Crippen LogP contribution in [0.3, 0.4) is 0 Å². The maximum absolute atomic E-state index is 6.09. The smallest absolute Gasteiger partial charge is 0.124 e. The quantitative estimate of drug-likeness (QED) is 0.737. The summed E-state index contributed by atoms with van der Waals surface area (Å²) in [5.74, 6) is 1.51. The Labute approximate surface area is 119 Å². The zero-order valence-electron chi connectivity index (χ0n) is 11.5. The van der Waals surface area contributed by atoms with E-state index in [1.807, 2.05) is 6.07 Å². The van der Waals surface area contributed by atoms with Crippen molar-refractivity contribution in [2.75, 3.05) is 0 Å². The third kappa shape index (κ3) is 2.27. The highest BCUT2D eigenvalue weighted by Crippen LogP contribution is 2.43. The molecule has 1 saturated carbocycles. The van der Waals surface area contributed by atoms with Crippen LogP contribution in [0.25, 0.3) is 11.0 Å². The molecule has 0 N–H and O–H groups in total. The Balaban J connectivity index is 2.03. The van der Waals surface area contributed by atoms with Crippen LogP contribution in [0.1, 0.15) is 44.9 Å². The number of nitrogens with zero attached hydrogens (tertiary/aromatic N) is 2. The van der Waals surface area contributed by atoms with Gasteiger partial charge in [-0.05, 0) is 36.8 Å². The molecule has 2 nitrogen and oxygen atoms in total. The van der Waals surface area contributed by atoms with E-state index in [4.69, 9.17) is 11.6 Å². The van der Waals surface area contributed by atoms with Gasteiger partial charge < -0.3 is 4.57 Å². The average Bonchev–Trinajstić information content (AvgIpc) is 3.05. The van der Waals surface area contributed by atoms with Crippen molar-refractivity contribution in [2.45, 2.75) is 51.5 Å². The van der Waals surface area contributed by atoms with E-state index in [0.717, 1.165) is 17.9 Å². The largest absolute Gasteiger partial charge is 0.326 e. The van der Waals surface area contributed by atoms with Gasteiger partial charge in [0.25, 0.3) is 0 Å². The minimum atomic E-state index is 0.463. The highest BCUT2D eigenvalue weighted by atomic mass is 35.5. The van der Waals surface area contributed by atoms with Gasteiger partial charge in [0.1, 0.15) is 5.82 Å². The molecule has 1 aromatic heterocycles. The van der Waals surface area contributed by atoms with Crippen molar-refractivity contribution in [2.24, 2.45) is 5.41 Å². The number of rotatable bonds is 4. The Morgan fingerprint density at radius 1 is 1.26 bits per heavy atom. The zero-order chi connectivity index (χ0) is 13.3. The molecule has 19 heavy (non-hydrogen) atoms. The fourth-order valence-corrected chi connectivity index (χ4v) is 3.69. The second kappa shape index (κ2) is 5.16. The fourth-order valence-electron chi connectivity index (χ4n) is 3.49. The lowest BCUT2D eigenvalue weighted by Crippen LogP contribution is -2.23. The van der Waals surface area contributed by atoms with E-state index < -0.39 is 0 Å². The molecule has 0 spiro atoms. The molecule has 0 radical (unpaired) electrons. The lowest BCUT2D eigenvalue weighted by atomic mass is 9.83. The monoisotopic (exact) mass is 276 g/mol. The predicted octanol–water partition coefficient (Wildman–Crippen LogP) is 4.75. The first-order valence-electron chi connectivity index (χ1n) is 7.28. The van der Waals surface area contributed by atoms with Crippen LogP contribution in [0.5, 0.6) is 0 Å². The summed E-state index contributed by atoms with van der Waals surface area (Å²) in [5.41, 5.74) is 2.77. The number of hydrogen-bond acceptors (Lipinski definition) is 1. The molecule has 0 unspecified atom stereocenters. The lowest BCUT2D eigenvalue weighted by Gasteiger charge is -2.29. The van der Waals surface area contributed by atoms with Crippen LogP contribution in [-0.2, 0) is 12.4 Å². The summed E-state index contributed by atoms with van der Waals surface area (Å²) in [4.78, 5) is 4.67. The van der Waals surface area contributed by atoms with E-state index in [9.17, 15) is 0 Å². The molecule has 1 aliphatic carbocycles. The molecule has 1 aliphatic rings. The van der Waals surface area contributed by atoms with Gasteiger partial charge in [-0.15, -0.1) is 11.6 Å². The third-order valence-corrected chi connectivity index (χ3v) is 5.00. The molecule has 1 heterocycles. The van der Waals surface area contributed by atoms with Gasteiger partial charge in [0.15, 0.2) is 0 Å². The molecular weight excluding hydrogens is 256 g/mol. The number of aromatic nitrogens is 2. The molecular formula is C16H21ClN2. The number of alkyl halides is 1. The van der Waals surface area contributed by atoms with Gasteiger partial charge in [0.05, 0.1) is 16.9 Å². The normalized spacial score (nSPS) is 18.2. The van der Waals surface area contributed by atoms with Crippen LogP contribution in [0.4, 0.5) is 0 Å². The van der Waals surface area contributed by atoms with Crippen LogP contribution in [0.15, 0.2) is 24.3 Å². The van der Waals surface area contributed by atoms with Crippen molar-refractivity contribution < 1.29 is 0 Å². The van der Waals surface area contributed by atoms with Crippen molar-refractivity contribution in [3.63, 3.8) is 0 Å². The molecule has 0 aliphatic heterocycles. The van der Waals surface area contributed by atoms with Gasteiger partial charge in [-0.2, -0.15) is 0 Å². The average molecular weight is 277 g/mol. The minimum absolute atomic E-state index is 0.463. The zero-order valence-corrected chi connectivity index (χ0v) is 12.3. The molecule has 0 amide bonds. The molecule has 2 aromatic rings. The van der Waals surface area contributed by atoms with E-state index in [1.54, 1.807) is 0 Å². The fraction of sp³-hybridized carbons (Fsp3) is 0.562. The molecule has 0 bridgehead atoms. The Bertz CT molecular complexity index is 567. The van der Waals surface area contributed by atoms with Crippen LogP contribution in [0, 0.1) is 5.41 Å². The number of hydrogen-bond donors (Lipinski definition) is 0. The Morgan fingerprint density at radius 3 is 2.68 bits per heavy atom. The topological polar surface area (TPSA) is 17.8 Å². The summed E-state index contributed by atoms with van der Waals surface area (Å²) in [7, 11) is 0. The Morgan fingerprint density at radius 2 is 2.00 bits per heavy atom. The van der Waals surface area contributed by atoms with Crippen molar-refractivity contribution in [1.82, 2.24) is 9.55 Å². The van der Waals surface area contributed by atoms with Crippen molar-refractivity contribution in [3.8, 4) is 0 Å². The van der Waals surface area contributed by atoms with E-state index in [0.29, 0.717) is 11.3 Å². The van der Waals surface area contributed by atoms with Gasteiger partial charge in [0, 0.05) is 6.54 Å². The van der Waals surface area contributed by atoms with Gasteiger partial charge in [0.2, 0.25) is 0 Å². The SMILES string of the molecule is CCC1(Cn2c(CCl)nc3ccccc32)CCCC1. The van der Waals surface area contributed by atoms with E-state index in [-0.39, 0.29) is 0 Å². The summed E-state index contributed by atoms with van der Waals surface area (Å²) in [6.07, 6.45) is 6.68. The predicted molar refractivity (Wildman–Crippen MR) is 80.5 cm³/mol. The van der Waals surface area contributed by atoms with Crippen molar-refractivity contribution in [3.05, 3.63) is 30.1 Å². The lowest BCUT2D eigenvalue weighted by molar-refractivity contribution is 0.238. The summed E-state index contributed by atoms with van der Waals surface area (Å²) in [6.45, 7) is 3.40.